The number of phosphoric ester groups is 1. The number of carbonyl (C=O) groups is 2. The highest BCUT2D eigenvalue weighted by Gasteiger charge is 2.30. The Balaban J connectivity index is 4.88. The van der Waals surface area contributed by atoms with Gasteiger partial charge in [0.25, 0.3) is 0 Å². The summed E-state index contributed by atoms with van der Waals surface area (Å²) in [6.07, 6.45) is 94.0. The van der Waals surface area contributed by atoms with Crippen molar-refractivity contribution in [3.8, 4) is 0 Å². The van der Waals surface area contributed by atoms with Crippen LogP contribution in [0.25, 0.3) is 0 Å². The summed E-state index contributed by atoms with van der Waals surface area (Å²) >= 11 is 0. The van der Waals surface area contributed by atoms with E-state index >= 15 is 0 Å². The van der Waals surface area contributed by atoms with Gasteiger partial charge in [0.2, 0.25) is 5.91 Å². The van der Waals surface area contributed by atoms with Crippen molar-refractivity contribution in [2.24, 2.45) is 0 Å². The summed E-state index contributed by atoms with van der Waals surface area (Å²) in [4.78, 5) is 38.0. The van der Waals surface area contributed by atoms with Gasteiger partial charge in [0.15, 0.2) is 0 Å². The summed E-state index contributed by atoms with van der Waals surface area (Å²) < 4.78 is 30.9. The number of unbranched alkanes of at least 4 members (excludes halogenated alkanes) is 50. The van der Waals surface area contributed by atoms with Gasteiger partial charge in [-0.1, -0.05) is 352 Å². The lowest BCUT2D eigenvalue weighted by Gasteiger charge is -2.27. The zero-order valence-electron chi connectivity index (χ0n) is 62.1. The summed E-state index contributed by atoms with van der Waals surface area (Å²) in [5.41, 5.74) is 0. The second-order valence-corrected chi connectivity index (χ2v) is 30.0. The molecule has 0 aliphatic rings. The molecule has 0 fully saturated rings. The number of hydrogen-bond donors (Lipinski definition) is 2. The van der Waals surface area contributed by atoms with Crippen molar-refractivity contribution in [2.45, 2.75) is 412 Å². The number of quaternary nitrogens is 1. The average molecular weight is 1310 g/mol. The van der Waals surface area contributed by atoms with Gasteiger partial charge in [-0.2, -0.15) is 0 Å². The van der Waals surface area contributed by atoms with E-state index in [2.05, 4.69) is 80.8 Å². The minimum absolute atomic E-state index is 0.0421. The summed E-state index contributed by atoms with van der Waals surface area (Å²) in [6.45, 7) is 7.03. The molecule has 0 heterocycles. The monoisotopic (exact) mass is 1310 g/mol. The Morgan fingerprint density at radius 1 is 0.380 bits per heavy atom. The first-order valence-electron chi connectivity index (χ1n) is 40.1. The molecule has 0 spiro atoms. The maximum absolute atomic E-state index is 13.7. The summed E-state index contributed by atoms with van der Waals surface area (Å²) in [5, 5.41) is 3.09. The van der Waals surface area contributed by atoms with E-state index in [1.807, 2.05) is 27.2 Å². The van der Waals surface area contributed by atoms with Gasteiger partial charge in [-0.3, -0.25) is 18.6 Å². The number of phosphoric acid groups is 1. The fraction of sp³-hybridized carbons (Fsp3) is 0.854. The average Bonchev–Trinajstić information content (AvgIpc) is 3.69. The van der Waals surface area contributed by atoms with Crippen LogP contribution in [0, 0.1) is 0 Å². The Bertz CT molecular complexity index is 1760. The van der Waals surface area contributed by atoms with E-state index in [9.17, 15) is 19.0 Å². The van der Waals surface area contributed by atoms with Crippen LogP contribution < -0.4 is 5.32 Å². The van der Waals surface area contributed by atoms with Gasteiger partial charge in [-0.05, 0) is 96.0 Å². The number of rotatable bonds is 74. The molecule has 0 aromatic rings. The number of nitrogens with zero attached hydrogens (tertiary/aromatic N) is 1. The molecule has 540 valence electrons. The maximum atomic E-state index is 13.7. The second-order valence-electron chi connectivity index (χ2n) is 28.6. The molecule has 0 saturated heterocycles. The van der Waals surface area contributed by atoms with E-state index in [1.165, 1.54) is 295 Å². The minimum Gasteiger partial charge on any atom is -0.456 e. The molecule has 0 aliphatic carbocycles. The first-order valence-corrected chi connectivity index (χ1v) is 41.6. The Morgan fingerprint density at radius 3 is 1.00 bits per heavy atom. The SMILES string of the molecule is CCCCC/C=C\C/C=C\CCCCCCCCCCCCCCCCCCCC(=O)NC(COP(=O)(O)OCC[N+](C)(C)C)C(/C=C/CCCCCCCCCCCC)OC(=O)CCCCCCCCCCCCCCCCCCC/C=C\C/C=C\CCCCC. The van der Waals surface area contributed by atoms with Crippen LogP contribution in [0.15, 0.2) is 60.8 Å². The number of hydrogen-bond acceptors (Lipinski definition) is 6. The molecule has 3 atom stereocenters. The number of esters is 1. The van der Waals surface area contributed by atoms with Crippen molar-refractivity contribution in [1.29, 1.82) is 0 Å². The van der Waals surface area contributed by atoms with E-state index in [4.69, 9.17) is 13.8 Å². The van der Waals surface area contributed by atoms with E-state index in [1.54, 1.807) is 0 Å². The van der Waals surface area contributed by atoms with Crippen LogP contribution in [0.3, 0.4) is 0 Å². The van der Waals surface area contributed by atoms with Gasteiger partial charge < -0.3 is 19.4 Å². The third-order valence-electron chi connectivity index (χ3n) is 18.2. The van der Waals surface area contributed by atoms with Crippen LogP contribution in [0.4, 0.5) is 0 Å². The Hall–Kier alpha value is -2.29. The number of amides is 1. The van der Waals surface area contributed by atoms with Gasteiger partial charge in [0.1, 0.15) is 19.3 Å². The smallest absolute Gasteiger partial charge is 0.456 e. The van der Waals surface area contributed by atoms with E-state index < -0.39 is 20.0 Å². The molecule has 0 aliphatic heterocycles. The van der Waals surface area contributed by atoms with Crippen LogP contribution in [0.5, 0.6) is 0 Å². The maximum Gasteiger partial charge on any atom is 0.472 e. The van der Waals surface area contributed by atoms with Gasteiger partial charge in [0, 0.05) is 12.8 Å². The van der Waals surface area contributed by atoms with Crippen LogP contribution in [-0.4, -0.2) is 74.3 Å². The topological polar surface area (TPSA) is 111 Å². The minimum atomic E-state index is -4.46. The quantitative estimate of drug-likeness (QED) is 0.0205. The molecule has 0 rings (SSSR count). The van der Waals surface area contributed by atoms with Gasteiger partial charge >= 0.3 is 13.8 Å². The molecule has 0 bridgehead atoms. The fourth-order valence-electron chi connectivity index (χ4n) is 12.0. The molecule has 9 nitrogen and oxygen atoms in total. The van der Waals surface area contributed by atoms with E-state index in [0.29, 0.717) is 23.9 Å². The zero-order chi connectivity index (χ0) is 67.0. The zero-order valence-corrected chi connectivity index (χ0v) is 63.0. The molecule has 2 N–H and O–H groups in total. The fourth-order valence-corrected chi connectivity index (χ4v) is 12.7. The molecular weight excluding hydrogens is 1160 g/mol. The number of carbonyl (C=O) groups excluding carboxylic acids is 2. The first kappa shape index (κ1) is 89.7. The number of likely N-dealkylation sites (N-methyl/N-ethyl adjacent to an activating group) is 1. The van der Waals surface area contributed by atoms with Crippen molar-refractivity contribution in [3.63, 3.8) is 0 Å². The van der Waals surface area contributed by atoms with E-state index in [0.717, 1.165) is 70.6 Å². The third kappa shape index (κ3) is 72.0. The lowest BCUT2D eigenvalue weighted by molar-refractivity contribution is -0.870. The molecule has 0 saturated carbocycles. The lowest BCUT2D eigenvalue weighted by Crippen LogP contribution is -2.47. The Labute approximate surface area is 572 Å². The molecular formula is C82H156N2O7P+. The number of nitrogens with one attached hydrogen (secondary N) is 1. The normalized spacial score (nSPS) is 13.7. The highest BCUT2D eigenvalue weighted by atomic mass is 31.2. The van der Waals surface area contributed by atoms with Gasteiger partial charge in [-0.15, -0.1) is 0 Å². The summed E-state index contributed by atoms with van der Waals surface area (Å²) in [5.74, 6) is -0.484. The Morgan fingerprint density at radius 2 is 0.663 bits per heavy atom. The van der Waals surface area contributed by atoms with E-state index in [-0.39, 0.29) is 25.1 Å². The summed E-state index contributed by atoms with van der Waals surface area (Å²) in [7, 11) is 1.51. The highest BCUT2D eigenvalue weighted by molar-refractivity contribution is 7.47. The Kier molecular flexibility index (Phi) is 69.7. The number of allylic oxidation sites excluding steroid dienone is 9. The third-order valence-corrected chi connectivity index (χ3v) is 19.2. The molecule has 0 radical (unpaired) electrons. The van der Waals surface area contributed by atoms with Crippen LogP contribution in [-0.2, 0) is 27.9 Å². The molecule has 92 heavy (non-hydrogen) atoms. The van der Waals surface area contributed by atoms with Crippen molar-refractivity contribution >= 4 is 19.7 Å². The van der Waals surface area contributed by atoms with Crippen LogP contribution in [0.2, 0.25) is 0 Å². The van der Waals surface area contributed by atoms with Crippen LogP contribution >= 0.6 is 7.82 Å². The van der Waals surface area contributed by atoms with Crippen molar-refractivity contribution in [3.05, 3.63) is 60.8 Å². The van der Waals surface area contributed by atoms with Crippen molar-refractivity contribution < 1.29 is 37.3 Å². The first-order chi connectivity index (χ1) is 44.9. The molecule has 1 amide bonds. The summed E-state index contributed by atoms with van der Waals surface area (Å²) in [6, 6.07) is -0.848. The second kappa shape index (κ2) is 71.5. The largest absolute Gasteiger partial charge is 0.472 e. The van der Waals surface area contributed by atoms with Gasteiger partial charge in [0.05, 0.1) is 33.8 Å². The predicted octanol–water partition coefficient (Wildman–Crippen LogP) is 26.1. The molecule has 0 aromatic heterocycles. The van der Waals surface area contributed by atoms with Crippen molar-refractivity contribution in [2.75, 3.05) is 40.9 Å². The predicted molar refractivity (Wildman–Crippen MR) is 402 cm³/mol. The van der Waals surface area contributed by atoms with Crippen molar-refractivity contribution in [1.82, 2.24) is 5.32 Å². The molecule has 10 heteroatoms. The molecule has 3 unspecified atom stereocenters. The molecule has 0 aromatic carbocycles. The van der Waals surface area contributed by atoms with Gasteiger partial charge in [-0.25, -0.2) is 4.57 Å². The van der Waals surface area contributed by atoms with Crippen LogP contribution in [0.1, 0.15) is 400 Å². The highest BCUT2D eigenvalue weighted by Crippen LogP contribution is 2.43. The lowest BCUT2D eigenvalue weighted by atomic mass is 10.0. The number of ether oxygens (including phenoxy) is 1. The standard InChI is InChI=1S/C82H155N2O7P/c1-7-10-13-16-19-22-25-28-30-32-34-36-38-40-42-44-46-48-50-52-54-56-59-62-65-68-71-74-81(85)83-79(78-90-92(87,88)89-77-76-84(4,5)6)80(73-70-67-64-61-58-27-24-21-18-15-12-9-3)91-82(86)75-72-69-66-63-60-57-55-53-51-49-47-45-43-41-39-37-35-33-31-29-26-23-20-17-14-11-8-2/h19-20,22-23,28-31,70,73,79-80H,7-18,21,24-27,32-69,71-72,74-78H2,1-6H3,(H-,83,85,87,88)/p+1/b22-19-,23-20-,30-28-,31-29-,73-70+.